The SMILES string of the molecule is COC/C(C)=C/C(=O)N1CCC(n2ncc(C(=O)O)c2C)CC1. The van der Waals surface area contributed by atoms with Gasteiger partial charge in [-0.1, -0.05) is 0 Å². The van der Waals surface area contributed by atoms with Crippen molar-refractivity contribution in [2.75, 3.05) is 26.8 Å². The highest BCUT2D eigenvalue weighted by molar-refractivity contribution is 5.89. The molecule has 0 radical (unpaired) electrons. The van der Waals surface area contributed by atoms with Gasteiger partial charge in [0.2, 0.25) is 5.91 Å². The molecule has 126 valence electrons. The predicted octanol–water partition coefficient (Wildman–Crippen LogP) is 1.65. The van der Waals surface area contributed by atoms with Crippen molar-refractivity contribution < 1.29 is 19.4 Å². The summed E-state index contributed by atoms with van der Waals surface area (Å²) < 4.78 is 6.78. The summed E-state index contributed by atoms with van der Waals surface area (Å²) in [6.45, 7) is 5.37. The fraction of sp³-hybridized carbons (Fsp3) is 0.562. The molecule has 0 aromatic carbocycles. The molecule has 1 N–H and O–H groups in total. The van der Waals surface area contributed by atoms with Gasteiger partial charge in [-0.3, -0.25) is 9.48 Å². The number of aromatic nitrogens is 2. The minimum absolute atomic E-state index is 0.00131. The van der Waals surface area contributed by atoms with Crippen LogP contribution in [0.5, 0.6) is 0 Å². The Morgan fingerprint density at radius 2 is 2.09 bits per heavy atom. The van der Waals surface area contributed by atoms with Crippen LogP contribution in [-0.2, 0) is 9.53 Å². The summed E-state index contributed by atoms with van der Waals surface area (Å²) in [6.07, 6.45) is 4.55. The van der Waals surface area contributed by atoms with E-state index < -0.39 is 5.97 Å². The molecule has 0 bridgehead atoms. The highest BCUT2D eigenvalue weighted by atomic mass is 16.5. The molecule has 1 amide bonds. The van der Waals surface area contributed by atoms with Crippen LogP contribution in [0.25, 0.3) is 0 Å². The number of hydrogen-bond donors (Lipinski definition) is 1. The average molecular weight is 321 g/mol. The van der Waals surface area contributed by atoms with Crippen molar-refractivity contribution >= 4 is 11.9 Å². The summed E-state index contributed by atoms with van der Waals surface area (Å²) >= 11 is 0. The van der Waals surface area contributed by atoms with E-state index in [4.69, 9.17) is 9.84 Å². The number of piperidine rings is 1. The van der Waals surface area contributed by atoms with Gasteiger partial charge in [-0.05, 0) is 32.3 Å². The van der Waals surface area contributed by atoms with Gasteiger partial charge in [0.1, 0.15) is 5.56 Å². The Bertz CT molecular complexity index is 613. The Hall–Kier alpha value is -2.15. The van der Waals surface area contributed by atoms with E-state index in [1.165, 1.54) is 6.20 Å². The van der Waals surface area contributed by atoms with E-state index in [1.54, 1.807) is 24.8 Å². The number of aromatic carboxylic acids is 1. The Balaban J connectivity index is 1.97. The third kappa shape index (κ3) is 3.98. The number of hydrogen-bond acceptors (Lipinski definition) is 4. The number of ether oxygens (including phenoxy) is 1. The third-order valence-electron chi connectivity index (χ3n) is 4.14. The van der Waals surface area contributed by atoms with E-state index in [-0.39, 0.29) is 17.5 Å². The maximum absolute atomic E-state index is 12.2. The topological polar surface area (TPSA) is 84.7 Å². The lowest BCUT2D eigenvalue weighted by molar-refractivity contribution is -0.127. The van der Waals surface area contributed by atoms with Gasteiger partial charge < -0.3 is 14.7 Å². The first kappa shape index (κ1) is 17.2. The molecule has 1 aromatic heterocycles. The van der Waals surface area contributed by atoms with Crippen molar-refractivity contribution in [2.45, 2.75) is 32.7 Å². The van der Waals surface area contributed by atoms with Crippen molar-refractivity contribution in [3.8, 4) is 0 Å². The molecule has 0 saturated carbocycles. The molecule has 23 heavy (non-hydrogen) atoms. The number of carbonyl (C=O) groups excluding carboxylic acids is 1. The van der Waals surface area contributed by atoms with E-state index >= 15 is 0 Å². The number of carboxylic acid groups (broad SMARTS) is 1. The number of methoxy groups -OCH3 is 1. The van der Waals surface area contributed by atoms with E-state index in [9.17, 15) is 9.59 Å². The summed E-state index contributed by atoms with van der Waals surface area (Å²) in [5.74, 6) is -0.957. The number of nitrogens with zero attached hydrogens (tertiary/aromatic N) is 3. The van der Waals surface area contributed by atoms with Crippen molar-refractivity contribution in [3.05, 3.63) is 29.1 Å². The first-order valence-corrected chi connectivity index (χ1v) is 7.66. The monoisotopic (exact) mass is 321 g/mol. The fourth-order valence-corrected chi connectivity index (χ4v) is 2.90. The van der Waals surface area contributed by atoms with Gasteiger partial charge in [0.05, 0.1) is 24.5 Å². The summed E-state index contributed by atoms with van der Waals surface area (Å²) in [6, 6.07) is 0.135. The maximum Gasteiger partial charge on any atom is 0.339 e. The minimum Gasteiger partial charge on any atom is -0.478 e. The van der Waals surface area contributed by atoms with Crippen molar-refractivity contribution in [1.82, 2.24) is 14.7 Å². The summed E-state index contributed by atoms with van der Waals surface area (Å²) in [4.78, 5) is 25.1. The lowest BCUT2D eigenvalue weighted by Gasteiger charge is -2.32. The van der Waals surface area contributed by atoms with Gasteiger partial charge in [0, 0.05) is 26.3 Å². The number of carboxylic acids is 1. The molecule has 1 saturated heterocycles. The molecule has 1 aliphatic rings. The van der Waals surface area contributed by atoms with Gasteiger partial charge in [0.25, 0.3) is 0 Å². The molecule has 0 unspecified atom stereocenters. The molecule has 0 atom stereocenters. The second-order valence-corrected chi connectivity index (χ2v) is 5.87. The van der Waals surface area contributed by atoms with Gasteiger partial charge >= 0.3 is 5.97 Å². The van der Waals surface area contributed by atoms with Gasteiger partial charge in [0.15, 0.2) is 0 Å². The zero-order chi connectivity index (χ0) is 17.0. The summed E-state index contributed by atoms with van der Waals surface area (Å²) in [5.41, 5.74) is 1.80. The Kier molecular flexibility index (Phi) is 5.54. The smallest absolute Gasteiger partial charge is 0.339 e. The summed E-state index contributed by atoms with van der Waals surface area (Å²) in [5, 5.41) is 13.3. The van der Waals surface area contributed by atoms with Gasteiger partial charge in [-0.2, -0.15) is 5.10 Å². The van der Waals surface area contributed by atoms with Gasteiger partial charge in [-0.15, -0.1) is 0 Å². The van der Waals surface area contributed by atoms with Crippen LogP contribution in [0.15, 0.2) is 17.8 Å². The zero-order valence-corrected chi connectivity index (χ0v) is 13.8. The van der Waals surface area contributed by atoms with Crippen molar-refractivity contribution in [3.63, 3.8) is 0 Å². The molecule has 2 rings (SSSR count). The lowest BCUT2D eigenvalue weighted by atomic mass is 10.0. The highest BCUT2D eigenvalue weighted by Crippen LogP contribution is 2.24. The Morgan fingerprint density at radius 3 is 2.61 bits per heavy atom. The average Bonchev–Trinajstić information content (AvgIpc) is 2.89. The second kappa shape index (κ2) is 7.41. The Labute approximate surface area is 135 Å². The normalized spacial score (nSPS) is 16.7. The number of rotatable bonds is 5. The van der Waals surface area contributed by atoms with E-state index in [0.29, 0.717) is 25.4 Å². The van der Waals surface area contributed by atoms with Crippen molar-refractivity contribution in [2.24, 2.45) is 0 Å². The molecule has 7 heteroatoms. The Morgan fingerprint density at radius 1 is 1.43 bits per heavy atom. The first-order chi connectivity index (χ1) is 10.9. The van der Waals surface area contributed by atoms with Crippen LogP contribution in [-0.4, -0.2) is 58.5 Å². The van der Waals surface area contributed by atoms with E-state index in [0.717, 1.165) is 18.4 Å². The summed E-state index contributed by atoms with van der Waals surface area (Å²) in [7, 11) is 1.60. The highest BCUT2D eigenvalue weighted by Gasteiger charge is 2.25. The molecule has 1 fully saturated rings. The van der Waals surface area contributed by atoms with Crippen LogP contribution >= 0.6 is 0 Å². The van der Waals surface area contributed by atoms with Gasteiger partial charge in [-0.25, -0.2) is 4.79 Å². The van der Waals surface area contributed by atoms with Crippen molar-refractivity contribution in [1.29, 1.82) is 0 Å². The quantitative estimate of drug-likeness (QED) is 0.834. The number of amides is 1. The number of carbonyl (C=O) groups is 2. The number of likely N-dealkylation sites (tertiary alicyclic amines) is 1. The fourth-order valence-electron chi connectivity index (χ4n) is 2.90. The standard InChI is InChI=1S/C16H23N3O4/c1-11(10-23-3)8-15(20)18-6-4-13(5-7-18)19-12(2)14(9-17-19)16(21)22/h8-9,13H,4-7,10H2,1-3H3,(H,21,22)/b11-8+. The van der Waals surface area contributed by atoms with Crippen LogP contribution in [0.4, 0.5) is 0 Å². The van der Waals surface area contributed by atoms with Crippen LogP contribution in [0.2, 0.25) is 0 Å². The molecule has 7 nitrogen and oxygen atoms in total. The second-order valence-electron chi connectivity index (χ2n) is 5.87. The molecular weight excluding hydrogens is 298 g/mol. The lowest BCUT2D eigenvalue weighted by Crippen LogP contribution is -2.38. The molecule has 2 heterocycles. The van der Waals surface area contributed by atoms with Crippen LogP contribution in [0, 0.1) is 6.92 Å². The zero-order valence-electron chi connectivity index (χ0n) is 13.8. The molecular formula is C16H23N3O4. The van der Waals surface area contributed by atoms with Crippen LogP contribution < -0.4 is 0 Å². The molecule has 1 aromatic rings. The first-order valence-electron chi connectivity index (χ1n) is 7.66. The molecule has 1 aliphatic heterocycles. The largest absolute Gasteiger partial charge is 0.478 e. The maximum atomic E-state index is 12.2. The van der Waals surface area contributed by atoms with Crippen LogP contribution in [0.1, 0.15) is 41.9 Å². The predicted molar refractivity (Wildman–Crippen MR) is 84.4 cm³/mol. The van der Waals surface area contributed by atoms with E-state index in [1.807, 2.05) is 11.8 Å². The van der Waals surface area contributed by atoms with Crippen LogP contribution in [0.3, 0.4) is 0 Å². The van der Waals surface area contributed by atoms with E-state index in [2.05, 4.69) is 5.10 Å². The molecule has 0 spiro atoms. The molecule has 0 aliphatic carbocycles. The third-order valence-corrected chi connectivity index (χ3v) is 4.14. The minimum atomic E-state index is -0.958.